The third kappa shape index (κ3) is 4.39. The van der Waals surface area contributed by atoms with Crippen LogP contribution in [0.25, 0.3) is 0 Å². The van der Waals surface area contributed by atoms with E-state index in [0.717, 1.165) is 39.1 Å². The average molecular weight is 344 g/mol. The fourth-order valence-electron chi connectivity index (χ4n) is 2.15. The van der Waals surface area contributed by atoms with E-state index in [1.54, 1.807) is 6.20 Å². The number of hydrogen-bond donors (Lipinski definition) is 2. The minimum absolute atomic E-state index is 0.00143. The number of nitro groups is 1. The van der Waals surface area contributed by atoms with E-state index in [1.807, 2.05) is 0 Å². The summed E-state index contributed by atoms with van der Waals surface area (Å²) in [6, 6.07) is 1.46. The number of piperazine rings is 1. The summed E-state index contributed by atoms with van der Waals surface area (Å²) in [7, 11) is 0. The van der Waals surface area contributed by atoms with Crippen LogP contribution in [0.2, 0.25) is 0 Å². The Labute approximate surface area is 126 Å². The van der Waals surface area contributed by atoms with E-state index in [9.17, 15) is 10.1 Å². The highest BCUT2D eigenvalue weighted by Gasteiger charge is 2.15. The van der Waals surface area contributed by atoms with Crippen LogP contribution in [-0.2, 0) is 0 Å². The largest absolute Gasteiger partial charge is 0.364 e. The van der Waals surface area contributed by atoms with E-state index in [-0.39, 0.29) is 5.69 Å². The van der Waals surface area contributed by atoms with E-state index < -0.39 is 4.92 Å². The monoisotopic (exact) mass is 343 g/mol. The van der Waals surface area contributed by atoms with Gasteiger partial charge in [0.05, 0.1) is 4.92 Å². The summed E-state index contributed by atoms with van der Waals surface area (Å²) in [6.07, 6.45) is 2.50. The third-order valence-corrected chi connectivity index (χ3v) is 3.62. The van der Waals surface area contributed by atoms with Gasteiger partial charge in [-0.2, -0.15) is 0 Å². The van der Waals surface area contributed by atoms with Gasteiger partial charge in [0.25, 0.3) is 0 Å². The Morgan fingerprint density at radius 2 is 2.25 bits per heavy atom. The van der Waals surface area contributed by atoms with Gasteiger partial charge in [0, 0.05) is 49.5 Å². The Hall–Kier alpha value is -1.25. The SMILES string of the molecule is O=[N+]([O-])c1cc(Br)cnc1NCCCN1CCNCC1. The predicted molar refractivity (Wildman–Crippen MR) is 81.0 cm³/mol. The van der Waals surface area contributed by atoms with Crippen molar-refractivity contribution in [3.63, 3.8) is 0 Å². The van der Waals surface area contributed by atoms with Crippen molar-refractivity contribution in [1.82, 2.24) is 15.2 Å². The van der Waals surface area contributed by atoms with Crippen LogP contribution in [-0.4, -0.2) is 54.1 Å². The van der Waals surface area contributed by atoms with E-state index >= 15 is 0 Å². The van der Waals surface area contributed by atoms with Gasteiger partial charge in [-0.15, -0.1) is 0 Å². The Morgan fingerprint density at radius 1 is 1.50 bits per heavy atom. The van der Waals surface area contributed by atoms with Crippen molar-refractivity contribution in [2.24, 2.45) is 0 Å². The van der Waals surface area contributed by atoms with Crippen LogP contribution in [0.5, 0.6) is 0 Å². The molecule has 0 aromatic carbocycles. The van der Waals surface area contributed by atoms with Gasteiger partial charge in [0.2, 0.25) is 5.82 Å². The molecule has 0 amide bonds. The summed E-state index contributed by atoms with van der Waals surface area (Å²) in [5.41, 5.74) is 0.00143. The number of halogens is 1. The first-order valence-electron chi connectivity index (χ1n) is 6.63. The van der Waals surface area contributed by atoms with Gasteiger partial charge in [-0.05, 0) is 28.9 Å². The lowest BCUT2D eigenvalue weighted by Gasteiger charge is -2.27. The van der Waals surface area contributed by atoms with Crippen molar-refractivity contribution < 1.29 is 4.92 Å². The van der Waals surface area contributed by atoms with Crippen molar-refractivity contribution >= 4 is 27.4 Å². The first-order valence-corrected chi connectivity index (χ1v) is 7.43. The molecule has 7 nitrogen and oxygen atoms in total. The summed E-state index contributed by atoms with van der Waals surface area (Å²) < 4.78 is 0.607. The van der Waals surface area contributed by atoms with Crippen molar-refractivity contribution in [3.05, 3.63) is 26.9 Å². The van der Waals surface area contributed by atoms with E-state index in [0.29, 0.717) is 16.8 Å². The summed E-state index contributed by atoms with van der Waals surface area (Å²) in [5, 5.41) is 17.3. The highest BCUT2D eigenvalue weighted by atomic mass is 79.9. The molecule has 2 rings (SSSR count). The molecule has 110 valence electrons. The van der Waals surface area contributed by atoms with E-state index in [2.05, 4.69) is 36.4 Å². The molecule has 1 saturated heterocycles. The molecule has 20 heavy (non-hydrogen) atoms. The Bertz CT molecular complexity index is 465. The predicted octanol–water partition coefficient (Wildman–Crippen LogP) is 1.46. The molecule has 2 heterocycles. The number of aromatic nitrogens is 1. The third-order valence-electron chi connectivity index (χ3n) is 3.18. The smallest absolute Gasteiger partial charge is 0.312 e. The summed E-state index contributed by atoms with van der Waals surface area (Å²) in [4.78, 5) is 17.0. The molecular weight excluding hydrogens is 326 g/mol. The second-order valence-electron chi connectivity index (χ2n) is 4.65. The molecule has 1 aromatic rings. The van der Waals surface area contributed by atoms with Gasteiger partial charge in [-0.1, -0.05) is 0 Å². The number of nitrogens with one attached hydrogen (secondary N) is 2. The van der Waals surface area contributed by atoms with Crippen molar-refractivity contribution in [1.29, 1.82) is 0 Å². The maximum Gasteiger partial charge on any atom is 0.312 e. The molecule has 1 aliphatic heterocycles. The lowest BCUT2D eigenvalue weighted by atomic mass is 10.3. The van der Waals surface area contributed by atoms with Crippen LogP contribution < -0.4 is 10.6 Å². The topological polar surface area (TPSA) is 83.3 Å². The zero-order chi connectivity index (χ0) is 14.4. The number of nitrogens with zero attached hydrogens (tertiary/aromatic N) is 3. The van der Waals surface area contributed by atoms with Gasteiger partial charge >= 0.3 is 5.69 Å². The molecule has 0 atom stereocenters. The van der Waals surface area contributed by atoms with E-state index in [1.165, 1.54) is 6.07 Å². The van der Waals surface area contributed by atoms with Crippen LogP contribution in [0.4, 0.5) is 11.5 Å². The summed E-state index contributed by atoms with van der Waals surface area (Å²) in [6.45, 7) is 5.88. The quantitative estimate of drug-likeness (QED) is 0.462. The van der Waals surface area contributed by atoms with Crippen LogP contribution in [0, 0.1) is 10.1 Å². The fraction of sp³-hybridized carbons (Fsp3) is 0.583. The molecule has 0 spiro atoms. The normalized spacial score (nSPS) is 16.1. The maximum atomic E-state index is 10.9. The number of anilines is 1. The summed E-state index contributed by atoms with van der Waals surface area (Å²) >= 11 is 3.19. The molecule has 1 aromatic heterocycles. The Morgan fingerprint density at radius 3 is 2.95 bits per heavy atom. The van der Waals surface area contributed by atoms with Gasteiger partial charge in [0.15, 0.2) is 0 Å². The van der Waals surface area contributed by atoms with Gasteiger partial charge in [-0.3, -0.25) is 10.1 Å². The zero-order valence-corrected chi connectivity index (χ0v) is 12.7. The molecule has 2 N–H and O–H groups in total. The van der Waals surface area contributed by atoms with Crippen LogP contribution in [0.1, 0.15) is 6.42 Å². The van der Waals surface area contributed by atoms with Crippen molar-refractivity contribution in [2.75, 3.05) is 44.6 Å². The Balaban J connectivity index is 1.80. The first-order chi connectivity index (χ1) is 9.66. The summed E-state index contributed by atoms with van der Waals surface area (Å²) in [5.74, 6) is 0.332. The highest BCUT2D eigenvalue weighted by molar-refractivity contribution is 9.10. The van der Waals surface area contributed by atoms with Crippen LogP contribution in [0.15, 0.2) is 16.7 Å². The number of hydrogen-bond acceptors (Lipinski definition) is 6. The molecule has 0 unspecified atom stereocenters. The molecule has 0 bridgehead atoms. The molecule has 0 aliphatic carbocycles. The molecule has 1 fully saturated rings. The Kier molecular flexibility index (Phi) is 5.69. The van der Waals surface area contributed by atoms with Gasteiger partial charge in [0.1, 0.15) is 0 Å². The first kappa shape index (κ1) is 15.1. The molecule has 0 saturated carbocycles. The van der Waals surface area contributed by atoms with Crippen LogP contribution >= 0.6 is 15.9 Å². The fourth-order valence-corrected chi connectivity index (χ4v) is 2.47. The van der Waals surface area contributed by atoms with Crippen molar-refractivity contribution in [2.45, 2.75) is 6.42 Å². The maximum absolute atomic E-state index is 10.9. The molecule has 0 radical (unpaired) electrons. The zero-order valence-electron chi connectivity index (χ0n) is 11.1. The van der Waals surface area contributed by atoms with E-state index in [4.69, 9.17) is 0 Å². The van der Waals surface area contributed by atoms with Gasteiger partial charge < -0.3 is 15.5 Å². The second kappa shape index (κ2) is 7.51. The number of rotatable bonds is 6. The second-order valence-corrected chi connectivity index (χ2v) is 5.57. The minimum atomic E-state index is -0.420. The molecular formula is C12H18BrN5O2. The average Bonchev–Trinajstić information content (AvgIpc) is 2.45. The molecule has 1 aliphatic rings. The number of pyridine rings is 1. The van der Waals surface area contributed by atoms with Crippen molar-refractivity contribution in [3.8, 4) is 0 Å². The molecule has 8 heteroatoms. The highest BCUT2D eigenvalue weighted by Crippen LogP contribution is 2.25. The van der Waals surface area contributed by atoms with Crippen LogP contribution in [0.3, 0.4) is 0 Å². The lowest BCUT2D eigenvalue weighted by molar-refractivity contribution is -0.384. The minimum Gasteiger partial charge on any atom is -0.364 e. The van der Waals surface area contributed by atoms with Gasteiger partial charge in [-0.25, -0.2) is 4.98 Å². The lowest BCUT2D eigenvalue weighted by Crippen LogP contribution is -2.44. The standard InChI is InChI=1S/C12H18BrN5O2/c13-10-8-11(18(19)20)12(16-9-10)15-2-1-5-17-6-3-14-4-7-17/h8-9,14H,1-7H2,(H,15,16).